The van der Waals surface area contributed by atoms with Crippen molar-refractivity contribution in [2.45, 2.75) is 12.5 Å². The average molecular weight is 348 g/mol. The third kappa shape index (κ3) is 4.14. The lowest BCUT2D eigenvalue weighted by atomic mass is 10.2. The largest absolute Gasteiger partial charge is 0.491 e. The van der Waals surface area contributed by atoms with Crippen molar-refractivity contribution in [2.24, 2.45) is 0 Å². The van der Waals surface area contributed by atoms with Gasteiger partial charge in [-0.2, -0.15) is 0 Å². The first-order valence-electron chi connectivity index (χ1n) is 8.50. The highest BCUT2D eigenvalue weighted by atomic mass is 16.5. The highest BCUT2D eigenvalue weighted by Crippen LogP contribution is 2.25. The number of rotatable bonds is 6. The zero-order valence-corrected chi connectivity index (χ0v) is 14.4. The van der Waals surface area contributed by atoms with Gasteiger partial charge in [-0.25, -0.2) is 9.59 Å². The fraction of sp³-hybridized carbons (Fsp3) is 0.529. The summed E-state index contributed by atoms with van der Waals surface area (Å²) in [6.07, 6.45) is 0.781. The number of piperazine rings is 1. The van der Waals surface area contributed by atoms with E-state index in [1.807, 2.05) is 24.3 Å². The van der Waals surface area contributed by atoms with Crippen LogP contribution in [0.4, 0.5) is 15.3 Å². The molecule has 2 saturated heterocycles. The Morgan fingerprint density at radius 2 is 2.16 bits per heavy atom. The van der Waals surface area contributed by atoms with Crippen LogP contribution in [0.5, 0.6) is 5.75 Å². The number of amides is 4. The van der Waals surface area contributed by atoms with E-state index in [1.54, 1.807) is 16.9 Å². The number of hydrogen-bond donors (Lipinski definition) is 2. The third-order valence-electron chi connectivity index (χ3n) is 4.40. The van der Waals surface area contributed by atoms with Crippen LogP contribution >= 0.6 is 0 Å². The van der Waals surface area contributed by atoms with Crippen molar-refractivity contribution in [3.05, 3.63) is 24.3 Å². The molecule has 0 bridgehead atoms. The second-order valence-corrected chi connectivity index (χ2v) is 6.10. The van der Waals surface area contributed by atoms with Crippen molar-refractivity contribution in [3.8, 4) is 5.75 Å². The van der Waals surface area contributed by atoms with Gasteiger partial charge in [0.2, 0.25) is 0 Å². The summed E-state index contributed by atoms with van der Waals surface area (Å²) >= 11 is 0. The fourth-order valence-electron chi connectivity index (χ4n) is 3.06. The monoisotopic (exact) mass is 348 g/mol. The van der Waals surface area contributed by atoms with Gasteiger partial charge in [-0.05, 0) is 12.1 Å². The smallest absolute Gasteiger partial charge is 0.322 e. The first-order chi connectivity index (χ1) is 12.2. The molecule has 0 aliphatic carbocycles. The van der Waals surface area contributed by atoms with Gasteiger partial charge in [-0.15, -0.1) is 0 Å². The summed E-state index contributed by atoms with van der Waals surface area (Å²) in [7, 11) is 1.65. The maximum atomic E-state index is 12.6. The summed E-state index contributed by atoms with van der Waals surface area (Å²) in [6, 6.07) is 7.21. The Morgan fingerprint density at radius 3 is 3.00 bits per heavy atom. The second kappa shape index (κ2) is 8.06. The number of carbonyl (C=O) groups excluding carboxylic acids is 2. The first kappa shape index (κ1) is 17.3. The van der Waals surface area contributed by atoms with Gasteiger partial charge >= 0.3 is 12.1 Å². The number of carbonyl (C=O) groups is 2. The molecule has 3 rings (SSSR count). The number of para-hydroxylation sites is 2. The van der Waals surface area contributed by atoms with Crippen LogP contribution < -0.4 is 15.4 Å². The number of hydrogen-bond acceptors (Lipinski definition) is 4. The molecule has 4 amide bonds. The van der Waals surface area contributed by atoms with Crippen LogP contribution in [0.25, 0.3) is 0 Å². The highest BCUT2D eigenvalue weighted by molar-refractivity contribution is 5.91. The molecule has 1 aromatic carbocycles. The Labute approximate surface area is 147 Å². The number of fused-ring (bicyclic) bond motifs is 1. The van der Waals surface area contributed by atoms with Crippen molar-refractivity contribution >= 4 is 17.7 Å². The predicted octanol–water partition coefficient (Wildman–Crippen LogP) is 1.34. The molecule has 1 aromatic rings. The van der Waals surface area contributed by atoms with Crippen LogP contribution in [0.15, 0.2) is 24.3 Å². The van der Waals surface area contributed by atoms with Crippen molar-refractivity contribution in [1.29, 1.82) is 0 Å². The Kier molecular flexibility index (Phi) is 5.60. The SMILES string of the molecule is COCCCOc1ccccc1NC(=O)N1CCN2C(=O)NC[C@H]2C1. The third-order valence-corrected chi connectivity index (χ3v) is 4.40. The molecule has 0 unspecified atom stereocenters. The summed E-state index contributed by atoms with van der Waals surface area (Å²) in [5, 5.41) is 5.73. The molecule has 2 N–H and O–H groups in total. The van der Waals surface area contributed by atoms with E-state index in [0.717, 1.165) is 6.42 Å². The van der Waals surface area contributed by atoms with E-state index in [9.17, 15) is 9.59 Å². The lowest BCUT2D eigenvalue weighted by Crippen LogP contribution is -2.54. The van der Waals surface area contributed by atoms with Crippen molar-refractivity contribution < 1.29 is 19.1 Å². The van der Waals surface area contributed by atoms with Crippen molar-refractivity contribution in [2.75, 3.05) is 51.8 Å². The molecule has 2 fully saturated rings. The van der Waals surface area contributed by atoms with Gasteiger partial charge in [0.05, 0.1) is 18.3 Å². The summed E-state index contributed by atoms with van der Waals surface area (Å²) in [6.45, 7) is 3.34. The van der Waals surface area contributed by atoms with E-state index in [1.165, 1.54) is 0 Å². The zero-order valence-electron chi connectivity index (χ0n) is 14.4. The molecule has 25 heavy (non-hydrogen) atoms. The van der Waals surface area contributed by atoms with E-state index in [0.29, 0.717) is 50.8 Å². The van der Waals surface area contributed by atoms with Gasteiger partial charge in [0, 0.05) is 46.3 Å². The van der Waals surface area contributed by atoms with Gasteiger partial charge < -0.3 is 29.9 Å². The first-order valence-corrected chi connectivity index (χ1v) is 8.50. The Bertz CT molecular complexity index is 624. The Hall–Kier alpha value is -2.48. The van der Waals surface area contributed by atoms with Gasteiger partial charge in [-0.3, -0.25) is 0 Å². The zero-order chi connectivity index (χ0) is 17.6. The van der Waals surface area contributed by atoms with E-state index >= 15 is 0 Å². The molecular weight excluding hydrogens is 324 g/mol. The molecule has 2 heterocycles. The number of nitrogens with one attached hydrogen (secondary N) is 2. The summed E-state index contributed by atoms with van der Waals surface area (Å²) < 4.78 is 10.7. The summed E-state index contributed by atoms with van der Waals surface area (Å²) in [4.78, 5) is 27.7. The van der Waals surface area contributed by atoms with Crippen LogP contribution in [0.2, 0.25) is 0 Å². The van der Waals surface area contributed by atoms with E-state index in [2.05, 4.69) is 10.6 Å². The maximum absolute atomic E-state index is 12.6. The molecule has 0 aromatic heterocycles. The van der Waals surface area contributed by atoms with Crippen LogP contribution in [0.3, 0.4) is 0 Å². The molecule has 136 valence electrons. The minimum Gasteiger partial charge on any atom is -0.491 e. The molecule has 0 saturated carbocycles. The molecule has 1 atom stereocenters. The number of benzene rings is 1. The standard InChI is InChI=1S/C17H24N4O4/c1-24-9-4-10-25-15-6-3-2-5-14(15)19-17(23)20-7-8-21-13(12-20)11-18-16(21)22/h2-3,5-6,13H,4,7-12H2,1H3,(H,18,22)(H,19,23)/t13-/m0/s1. The van der Waals surface area contributed by atoms with E-state index < -0.39 is 0 Å². The normalized spacial score (nSPS) is 19.4. The van der Waals surface area contributed by atoms with Crippen LogP contribution in [-0.2, 0) is 4.74 Å². The minimum atomic E-state index is -0.174. The van der Waals surface area contributed by atoms with E-state index in [-0.39, 0.29) is 18.1 Å². The van der Waals surface area contributed by atoms with Gasteiger partial charge in [0.25, 0.3) is 0 Å². The van der Waals surface area contributed by atoms with E-state index in [4.69, 9.17) is 9.47 Å². The Balaban J connectivity index is 1.57. The van der Waals surface area contributed by atoms with Crippen LogP contribution in [-0.4, -0.2) is 74.4 Å². The summed E-state index contributed by atoms with van der Waals surface area (Å²) in [5.41, 5.74) is 0.646. The highest BCUT2D eigenvalue weighted by Gasteiger charge is 2.36. The van der Waals surface area contributed by atoms with Crippen LogP contribution in [0, 0.1) is 0 Å². The van der Waals surface area contributed by atoms with Crippen molar-refractivity contribution in [1.82, 2.24) is 15.1 Å². The minimum absolute atomic E-state index is 0.0418. The molecule has 2 aliphatic heterocycles. The van der Waals surface area contributed by atoms with Gasteiger partial charge in [0.1, 0.15) is 5.75 Å². The lowest BCUT2D eigenvalue weighted by Gasteiger charge is -2.36. The fourth-order valence-corrected chi connectivity index (χ4v) is 3.06. The molecule has 2 aliphatic rings. The molecule has 0 radical (unpaired) electrons. The second-order valence-electron chi connectivity index (χ2n) is 6.10. The number of ether oxygens (including phenoxy) is 2. The number of anilines is 1. The maximum Gasteiger partial charge on any atom is 0.322 e. The van der Waals surface area contributed by atoms with Gasteiger partial charge in [-0.1, -0.05) is 12.1 Å². The number of methoxy groups -OCH3 is 1. The Morgan fingerprint density at radius 1 is 1.32 bits per heavy atom. The number of nitrogens with zero attached hydrogens (tertiary/aromatic N) is 2. The molecule has 8 nitrogen and oxygen atoms in total. The van der Waals surface area contributed by atoms with Gasteiger partial charge in [0.15, 0.2) is 0 Å². The van der Waals surface area contributed by atoms with Crippen molar-refractivity contribution in [3.63, 3.8) is 0 Å². The lowest BCUT2D eigenvalue weighted by molar-refractivity contribution is 0.136. The topological polar surface area (TPSA) is 83.1 Å². The quantitative estimate of drug-likeness (QED) is 0.760. The van der Waals surface area contributed by atoms with Crippen LogP contribution in [0.1, 0.15) is 6.42 Å². The molecule has 0 spiro atoms. The predicted molar refractivity (Wildman–Crippen MR) is 92.9 cm³/mol. The summed E-state index contributed by atoms with van der Waals surface area (Å²) in [5.74, 6) is 0.642. The average Bonchev–Trinajstić information content (AvgIpc) is 3.00. The molecular formula is C17H24N4O4. The molecule has 8 heteroatoms. The number of urea groups is 2.